The molecule has 204 valence electrons. The molecular weight excluding hydrogens is 541 g/mol. The highest BCUT2D eigenvalue weighted by atomic mass is 31.2. The molecule has 19 heteroatoms. The van der Waals surface area contributed by atoms with E-state index in [9.17, 15) is 66.0 Å². The SMILES string of the molecule is CCC(CC)CCC(OP(=O)(O)O)=C(F)C(F)(F)C(F)(F)C(F)(F)C(F)(F)C(F)(F)C(F)(F)F. The van der Waals surface area contributed by atoms with Crippen LogP contribution >= 0.6 is 7.82 Å². The van der Waals surface area contributed by atoms with Crippen LogP contribution in [0.5, 0.6) is 0 Å². The van der Waals surface area contributed by atoms with Crippen LogP contribution in [0.1, 0.15) is 39.5 Å². The normalized spacial score (nSPS) is 16.1. The first-order chi connectivity index (χ1) is 14.8. The van der Waals surface area contributed by atoms with Gasteiger partial charge in [-0.05, 0) is 12.3 Å². The Morgan fingerprint density at radius 3 is 1.47 bits per heavy atom. The molecule has 0 aliphatic rings. The van der Waals surface area contributed by atoms with E-state index in [1.807, 2.05) is 0 Å². The molecule has 0 saturated carbocycles. The second-order valence-electron chi connectivity index (χ2n) is 6.91. The monoisotopic (exact) mass is 558 g/mol. The molecule has 0 aromatic rings. The maximum absolute atomic E-state index is 14.2. The Kier molecular flexibility index (Phi) is 9.61. The van der Waals surface area contributed by atoms with Gasteiger partial charge in [-0.3, -0.25) is 9.79 Å². The van der Waals surface area contributed by atoms with Gasteiger partial charge in [0.15, 0.2) is 0 Å². The topological polar surface area (TPSA) is 66.8 Å². The number of phosphoric ester groups is 1. The molecule has 0 heterocycles. The predicted octanol–water partition coefficient (Wildman–Crippen LogP) is 7.23. The summed E-state index contributed by atoms with van der Waals surface area (Å²) in [6, 6.07) is 0. The van der Waals surface area contributed by atoms with E-state index in [0.717, 1.165) is 0 Å². The van der Waals surface area contributed by atoms with Gasteiger partial charge in [-0.1, -0.05) is 26.7 Å². The molecule has 0 fully saturated rings. The first-order valence-corrected chi connectivity index (χ1v) is 10.4. The van der Waals surface area contributed by atoms with Crippen molar-refractivity contribution in [3.63, 3.8) is 0 Å². The average Bonchev–Trinajstić information content (AvgIpc) is 2.64. The highest BCUT2D eigenvalue weighted by molar-refractivity contribution is 7.46. The minimum atomic E-state index is -8.26. The quantitative estimate of drug-likeness (QED) is 0.151. The van der Waals surface area contributed by atoms with Crippen LogP contribution in [-0.2, 0) is 9.09 Å². The van der Waals surface area contributed by atoms with Gasteiger partial charge in [-0.15, -0.1) is 0 Å². The summed E-state index contributed by atoms with van der Waals surface area (Å²) in [5.74, 6) is -46.8. The fraction of sp³-hybridized carbons (Fsp3) is 0.867. The van der Waals surface area contributed by atoms with Gasteiger partial charge in [0.2, 0.25) is 5.83 Å². The van der Waals surface area contributed by atoms with Crippen LogP contribution in [0.3, 0.4) is 0 Å². The van der Waals surface area contributed by atoms with E-state index < -0.39 is 74.0 Å². The molecule has 0 aromatic heterocycles. The lowest BCUT2D eigenvalue weighted by Gasteiger charge is -2.39. The van der Waals surface area contributed by atoms with Crippen molar-refractivity contribution >= 4 is 7.82 Å². The molecule has 0 amide bonds. The van der Waals surface area contributed by atoms with Crippen LogP contribution in [-0.4, -0.2) is 45.6 Å². The number of hydrogen-bond acceptors (Lipinski definition) is 2. The largest absolute Gasteiger partial charge is 0.524 e. The van der Waals surface area contributed by atoms with Crippen molar-refractivity contribution in [3.05, 3.63) is 11.6 Å². The summed E-state index contributed by atoms with van der Waals surface area (Å²) in [7, 11) is -6.08. The lowest BCUT2D eigenvalue weighted by atomic mass is 9.92. The van der Waals surface area contributed by atoms with E-state index in [2.05, 4.69) is 4.52 Å². The molecule has 0 saturated heterocycles. The highest BCUT2D eigenvalue weighted by Gasteiger charge is 2.91. The number of allylic oxidation sites excluding steroid dienone is 2. The van der Waals surface area contributed by atoms with Gasteiger partial charge in [0.05, 0.1) is 0 Å². The molecular formula is C15H17F14O4P. The summed E-state index contributed by atoms with van der Waals surface area (Å²) in [6.07, 6.45) is -9.23. The molecule has 0 spiro atoms. The van der Waals surface area contributed by atoms with Gasteiger partial charge in [0, 0.05) is 6.42 Å². The maximum atomic E-state index is 14.2. The minimum Gasteiger partial charge on any atom is -0.406 e. The Morgan fingerprint density at radius 2 is 1.15 bits per heavy atom. The van der Waals surface area contributed by atoms with Crippen molar-refractivity contribution in [1.82, 2.24) is 0 Å². The summed E-state index contributed by atoms with van der Waals surface area (Å²) in [5.41, 5.74) is 0. The van der Waals surface area contributed by atoms with Gasteiger partial charge in [0.1, 0.15) is 5.76 Å². The highest BCUT2D eigenvalue weighted by Crippen LogP contribution is 2.62. The van der Waals surface area contributed by atoms with E-state index in [0.29, 0.717) is 0 Å². The molecule has 34 heavy (non-hydrogen) atoms. The molecule has 0 aromatic carbocycles. The van der Waals surface area contributed by atoms with E-state index in [1.54, 1.807) is 0 Å². The van der Waals surface area contributed by atoms with Gasteiger partial charge in [0.25, 0.3) is 0 Å². The van der Waals surface area contributed by atoms with Crippen LogP contribution in [0, 0.1) is 5.92 Å². The standard InChI is InChI=1S/C15H17F14O4P/c1-3-7(4-2)5-6-8(33-34(30,31)32)9(16)10(17,18)11(19,20)12(21,22)13(23,24)14(25,26)15(27,28)29/h7H,3-6H2,1-2H3,(H2,30,31,32). The number of hydrogen-bond donors (Lipinski definition) is 2. The summed E-state index contributed by atoms with van der Waals surface area (Å²) in [4.78, 5) is 17.3. The lowest BCUT2D eigenvalue weighted by molar-refractivity contribution is -0.437. The van der Waals surface area contributed by atoms with Gasteiger partial charge in [-0.2, -0.15) is 57.1 Å². The number of halogens is 14. The zero-order valence-corrected chi connectivity index (χ0v) is 17.7. The first kappa shape index (κ1) is 32.7. The Hall–Kier alpha value is -1.29. The van der Waals surface area contributed by atoms with Crippen LogP contribution in [0.4, 0.5) is 61.5 Å². The maximum Gasteiger partial charge on any atom is 0.524 e. The molecule has 0 atom stereocenters. The third kappa shape index (κ3) is 5.91. The van der Waals surface area contributed by atoms with Crippen LogP contribution < -0.4 is 0 Å². The predicted molar refractivity (Wildman–Crippen MR) is 85.4 cm³/mol. The van der Waals surface area contributed by atoms with Crippen molar-refractivity contribution in [3.8, 4) is 0 Å². The van der Waals surface area contributed by atoms with Gasteiger partial charge < -0.3 is 4.52 Å². The van der Waals surface area contributed by atoms with E-state index in [4.69, 9.17) is 9.79 Å². The molecule has 0 rings (SSSR count). The Morgan fingerprint density at radius 1 is 0.765 bits per heavy atom. The van der Waals surface area contributed by atoms with Crippen molar-refractivity contribution in [2.45, 2.75) is 75.3 Å². The number of alkyl halides is 13. The summed E-state index contributed by atoms with van der Waals surface area (Å²) < 4.78 is 199. The van der Waals surface area contributed by atoms with Crippen LogP contribution in [0.15, 0.2) is 11.6 Å². The third-order valence-electron chi connectivity index (χ3n) is 4.62. The van der Waals surface area contributed by atoms with Crippen LogP contribution in [0.25, 0.3) is 0 Å². The molecule has 4 nitrogen and oxygen atoms in total. The third-order valence-corrected chi connectivity index (χ3v) is 5.08. The fourth-order valence-corrected chi connectivity index (χ4v) is 2.91. The average molecular weight is 558 g/mol. The van der Waals surface area contributed by atoms with Crippen molar-refractivity contribution in [1.29, 1.82) is 0 Å². The second kappa shape index (κ2) is 9.99. The van der Waals surface area contributed by atoms with E-state index in [1.165, 1.54) is 13.8 Å². The molecule has 0 aliphatic carbocycles. The fourth-order valence-electron chi connectivity index (χ4n) is 2.45. The Labute approximate surface area is 182 Å². The molecule has 2 N–H and O–H groups in total. The molecule has 0 aliphatic heterocycles. The molecule has 0 unspecified atom stereocenters. The summed E-state index contributed by atoms with van der Waals surface area (Å²) in [5, 5.41) is 0. The van der Waals surface area contributed by atoms with Gasteiger partial charge in [-0.25, -0.2) is 8.96 Å². The van der Waals surface area contributed by atoms with Crippen molar-refractivity contribution < 1.29 is 80.3 Å². The lowest BCUT2D eigenvalue weighted by Crippen LogP contribution is -2.70. The number of phosphoric acid groups is 1. The summed E-state index contributed by atoms with van der Waals surface area (Å²) in [6.45, 7) is 2.92. The zero-order valence-electron chi connectivity index (χ0n) is 16.9. The smallest absolute Gasteiger partial charge is 0.406 e. The minimum absolute atomic E-state index is 0.185. The second-order valence-corrected chi connectivity index (χ2v) is 8.07. The first-order valence-electron chi connectivity index (χ1n) is 8.86. The van der Waals surface area contributed by atoms with Crippen molar-refractivity contribution in [2.24, 2.45) is 5.92 Å². The Balaban J connectivity index is 6.77. The zero-order chi connectivity index (χ0) is 27.8. The Bertz CT molecular complexity index is 782. The summed E-state index contributed by atoms with van der Waals surface area (Å²) >= 11 is 0. The molecule has 0 radical (unpaired) electrons. The van der Waals surface area contributed by atoms with Crippen molar-refractivity contribution in [2.75, 3.05) is 0 Å². The van der Waals surface area contributed by atoms with E-state index in [-0.39, 0.29) is 12.8 Å². The van der Waals surface area contributed by atoms with Crippen LogP contribution in [0.2, 0.25) is 0 Å². The van der Waals surface area contributed by atoms with E-state index >= 15 is 0 Å². The number of rotatable bonds is 12. The van der Waals surface area contributed by atoms with Gasteiger partial charge >= 0.3 is 43.6 Å². The molecule has 0 bridgehead atoms.